The van der Waals surface area contributed by atoms with Crippen LogP contribution in [0, 0.1) is 5.92 Å². The van der Waals surface area contributed by atoms with Crippen molar-refractivity contribution in [3.8, 4) is 5.88 Å². The van der Waals surface area contributed by atoms with Crippen molar-refractivity contribution >= 4 is 16.6 Å². The second-order valence-electron chi connectivity index (χ2n) is 7.89. The topological polar surface area (TPSA) is 50.7 Å². The maximum Gasteiger partial charge on any atom is 0.224 e. The van der Waals surface area contributed by atoms with Gasteiger partial charge in [0.15, 0.2) is 0 Å². The van der Waals surface area contributed by atoms with Gasteiger partial charge >= 0.3 is 0 Å². The van der Waals surface area contributed by atoms with Gasteiger partial charge in [-0.1, -0.05) is 0 Å². The number of hydrogen-bond donors (Lipinski definition) is 0. The molecule has 3 heterocycles. The summed E-state index contributed by atoms with van der Waals surface area (Å²) in [5.41, 5.74) is 2.17. The number of piperazine rings is 1. The van der Waals surface area contributed by atoms with E-state index in [-0.39, 0.29) is 6.10 Å². The fourth-order valence-corrected chi connectivity index (χ4v) is 4.02. The lowest BCUT2D eigenvalue weighted by Gasteiger charge is -2.38. The average Bonchev–Trinajstić information content (AvgIpc) is 2.69. The van der Waals surface area contributed by atoms with Crippen molar-refractivity contribution in [2.75, 3.05) is 50.8 Å². The molecule has 0 saturated carbocycles. The zero-order valence-corrected chi connectivity index (χ0v) is 16.4. The fourth-order valence-electron chi connectivity index (χ4n) is 4.02. The summed E-state index contributed by atoms with van der Waals surface area (Å²) in [6, 6.07) is 6.43. The van der Waals surface area contributed by atoms with Crippen molar-refractivity contribution < 1.29 is 9.47 Å². The predicted octanol–water partition coefficient (Wildman–Crippen LogP) is 2.97. The third-order valence-electron chi connectivity index (χ3n) is 5.52. The van der Waals surface area contributed by atoms with E-state index >= 15 is 0 Å². The van der Waals surface area contributed by atoms with Gasteiger partial charge in [-0.25, -0.2) is 9.97 Å². The van der Waals surface area contributed by atoms with Crippen molar-refractivity contribution in [1.82, 2.24) is 14.9 Å². The molecule has 2 aliphatic heterocycles. The van der Waals surface area contributed by atoms with Crippen molar-refractivity contribution in [1.29, 1.82) is 0 Å². The number of anilines is 1. The lowest BCUT2D eigenvalue weighted by molar-refractivity contribution is 0.0517. The Morgan fingerprint density at radius 2 is 1.89 bits per heavy atom. The molecule has 2 aliphatic rings. The molecular formula is C21H30N4O2. The molecule has 0 unspecified atom stereocenters. The number of benzene rings is 1. The van der Waals surface area contributed by atoms with Crippen molar-refractivity contribution in [3.63, 3.8) is 0 Å². The normalized spacial score (nSPS) is 19.7. The molecule has 0 bridgehead atoms. The summed E-state index contributed by atoms with van der Waals surface area (Å²) in [7, 11) is 0. The summed E-state index contributed by atoms with van der Waals surface area (Å²) >= 11 is 0. The zero-order chi connectivity index (χ0) is 18.6. The second kappa shape index (κ2) is 8.40. The number of aromatic nitrogens is 2. The highest BCUT2D eigenvalue weighted by molar-refractivity contribution is 5.86. The van der Waals surface area contributed by atoms with Crippen LogP contribution in [-0.4, -0.2) is 66.9 Å². The highest BCUT2D eigenvalue weighted by Crippen LogP contribution is 2.28. The third kappa shape index (κ3) is 4.50. The SMILES string of the molecule is CC(C)Oc1ncnc2ccc(N3CCN(CC4CCOCC4)CC3)cc12. The van der Waals surface area contributed by atoms with Crippen molar-refractivity contribution in [2.45, 2.75) is 32.8 Å². The Kier molecular flexibility index (Phi) is 5.74. The van der Waals surface area contributed by atoms with E-state index < -0.39 is 0 Å². The van der Waals surface area contributed by atoms with Gasteiger partial charge in [0.2, 0.25) is 5.88 Å². The van der Waals surface area contributed by atoms with Gasteiger partial charge in [-0.2, -0.15) is 0 Å². The summed E-state index contributed by atoms with van der Waals surface area (Å²) in [5, 5.41) is 0.994. The molecule has 0 aliphatic carbocycles. The predicted molar refractivity (Wildman–Crippen MR) is 107 cm³/mol. The highest BCUT2D eigenvalue weighted by Gasteiger charge is 2.22. The molecule has 0 amide bonds. The molecule has 2 fully saturated rings. The molecule has 2 saturated heterocycles. The standard InChI is InChI=1S/C21H30N4O2/c1-16(2)27-21-19-13-18(3-4-20(19)22-15-23-21)25-9-7-24(8-10-25)14-17-5-11-26-12-6-17/h3-4,13,15-17H,5-12,14H2,1-2H3. The third-order valence-corrected chi connectivity index (χ3v) is 5.52. The fraction of sp³-hybridized carbons (Fsp3) is 0.619. The maximum absolute atomic E-state index is 5.88. The maximum atomic E-state index is 5.88. The van der Waals surface area contributed by atoms with E-state index in [9.17, 15) is 0 Å². The Balaban J connectivity index is 1.42. The lowest BCUT2D eigenvalue weighted by Crippen LogP contribution is -2.48. The first-order valence-electron chi connectivity index (χ1n) is 10.2. The van der Waals surface area contributed by atoms with E-state index in [0.717, 1.165) is 56.2 Å². The minimum absolute atomic E-state index is 0.0977. The van der Waals surface area contributed by atoms with Crippen LogP contribution < -0.4 is 9.64 Å². The van der Waals surface area contributed by atoms with Crippen LogP contribution >= 0.6 is 0 Å². The molecule has 6 heteroatoms. The quantitative estimate of drug-likeness (QED) is 0.807. The van der Waals surface area contributed by atoms with E-state index in [1.165, 1.54) is 25.1 Å². The molecule has 4 rings (SSSR count). The highest BCUT2D eigenvalue weighted by atomic mass is 16.5. The first kappa shape index (κ1) is 18.4. The Labute approximate surface area is 161 Å². The molecule has 2 aromatic rings. The van der Waals surface area contributed by atoms with E-state index in [4.69, 9.17) is 9.47 Å². The molecule has 0 N–H and O–H groups in total. The monoisotopic (exact) mass is 370 g/mol. The molecule has 27 heavy (non-hydrogen) atoms. The largest absolute Gasteiger partial charge is 0.474 e. The van der Waals surface area contributed by atoms with Crippen LogP contribution in [0.2, 0.25) is 0 Å². The first-order valence-corrected chi connectivity index (χ1v) is 10.2. The smallest absolute Gasteiger partial charge is 0.224 e. The number of rotatable bonds is 5. The van der Waals surface area contributed by atoms with Gasteiger partial charge in [-0.3, -0.25) is 4.90 Å². The van der Waals surface area contributed by atoms with Gasteiger partial charge in [0.25, 0.3) is 0 Å². The number of ether oxygens (including phenoxy) is 2. The van der Waals surface area contributed by atoms with Crippen molar-refractivity contribution in [2.24, 2.45) is 5.92 Å². The molecule has 146 valence electrons. The minimum atomic E-state index is 0.0977. The van der Waals surface area contributed by atoms with Crippen LogP contribution in [0.3, 0.4) is 0 Å². The summed E-state index contributed by atoms with van der Waals surface area (Å²) < 4.78 is 11.4. The number of fused-ring (bicyclic) bond motifs is 1. The van der Waals surface area contributed by atoms with Gasteiger partial charge in [0, 0.05) is 51.6 Å². The molecule has 0 spiro atoms. The van der Waals surface area contributed by atoms with E-state index in [1.807, 2.05) is 13.8 Å². The van der Waals surface area contributed by atoms with Crippen LogP contribution in [0.5, 0.6) is 5.88 Å². The molecular weight excluding hydrogens is 340 g/mol. The van der Waals surface area contributed by atoms with Crippen LogP contribution in [0.4, 0.5) is 5.69 Å². The molecule has 0 radical (unpaired) electrons. The summed E-state index contributed by atoms with van der Waals surface area (Å²) in [5.74, 6) is 1.48. The number of hydrogen-bond acceptors (Lipinski definition) is 6. The van der Waals surface area contributed by atoms with Gasteiger partial charge in [0.1, 0.15) is 6.33 Å². The summed E-state index contributed by atoms with van der Waals surface area (Å²) in [4.78, 5) is 13.8. The zero-order valence-electron chi connectivity index (χ0n) is 16.4. The molecule has 6 nitrogen and oxygen atoms in total. The van der Waals surface area contributed by atoms with Gasteiger partial charge in [0.05, 0.1) is 17.0 Å². The second-order valence-corrected chi connectivity index (χ2v) is 7.89. The van der Waals surface area contributed by atoms with E-state index in [1.54, 1.807) is 6.33 Å². The Bertz CT molecular complexity index is 753. The Morgan fingerprint density at radius 3 is 2.63 bits per heavy atom. The molecule has 0 atom stereocenters. The molecule has 1 aromatic carbocycles. The van der Waals surface area contributed by atoms with Crippen LogP contribution in [-0.2, 0) is 4.74 Å². The van der Waals surface area contributed by atoms with Gasteiger partial charge < -0.3 is 14.4 Å². The van der Waals surface area contributed by atoms with Crippen LogP contribution in [0.15, 0.2) is 24.5 Å². The lowest BCUT2D eigenvalue weighted by atomic mass is 9.99. The van der Waals surface area contributed by atoms with Gasteiger partial charge in [-0.15, -0.1) is 0 Å². The average molecular weight is 370 g/mol. The summed E-state index contributed by atoms with van der Waals surface area (Å²) in [6.45, 7) is 11.5. The Hall–Kier alpha value is -1.92. The minimum Gasteiger partial charge on any atom is -0.474 e. The summed E-state index contributed by atoms with van der Waals surface area (Å²) in [6.07, 6.45) is 4.10. The molecule has 1 aromatic heterocycles. The van der Waals surface area contributed by atoms with E-state index in [2.05, 4.69) is 38.0 Å². The first-order chi connectivity index (χ1) is 13.2. The van der Waals surface area contributed by atoms with Crippen LogP contribution in [0.25, 0.3) is 10.9 Å². The Morgan fingerprint density at radius 1 is 1.11 bits per heavy atom. The van der Waals surface area contributed by atoms with Gasteiger partial charge in [-0.05, 0) is 50.8 Å². The van der Waals surface area contributed by atoms with Crippen LogP contribution in [0.1, 0.15) is 26.7 Å². The number of nitrogens with zero attached hydrogens (tertiary/aromatic N) is 4. The van der Waals surface area contributed by atoms with E-state index in [0.29, 0.717) is 5.88 Å². The van der Waals surface area contributed by atoms with Crippen molar-refractivity contribution in [3.05, 3.63) is 24.5 Å².